The van der Waals surface area contributed by atoms with Crippen molar-refractivity contribution in [3.05, 3.63) is 69.3 Å². The maximum atomic E-state index is 12.7. The van der Waals surface area contributed by atoms with E-state index in [0.717, 1.165) is 18.2 Å². The molecule has 0 saturated heterocycles. The summed E-state index contributed by atoms with van der Waals surface area (Å²) in [6, 6.07) is 8.20. The molecule has 126 valence electrons. The first-order chi connectivity index (χ1) is 11.2. The molecule has 2 aromatic rings. The molecule has 0 aliphatic rings. The van der Waals surface area contributed by atoms with E-state index in [4.69, 9.17) is 5.73 Å². The second-order valence-corrected chi connectivity index (χ2v) is 4.90. The number of nitrogens with two attached hydrogens (primary N) is 1. The molecule has 0 aromatic heterocycles. The maximum absolute atomic E-state index is 12.7. The monoisotopic (exact) mass is 339 g/mol. The summed E-state index contributed by atoms with van der Waals surface area (Å²) in [5.41, 5.74) is 4.21. The van der Waals surface area contributed by atoms with E-state index in [-0.39, 0.29) is 17.8 Å². The van der Waals surface area contributed by atoms with Gasteiger partial charge in [-0.2, -0.15) is 13.2 Å². The Hall–Kier alpha value is -3.10. The van der Waals surface area contributed by atoms with Crippen LogP contribution in [-0.4, -0.2) is 10.8 Å². The predicted octanol–water partition coefficient (Wildman–Crippen LogP) is 3.32. The number of alkyl halides is 3. The highest BCUT2D eigenvalue weighted by Crippen LogP contribution is 2.30. The number of hydrogen-bond acceptors (Lipinski definition) is 4. The van der Waals surface area contributed by atoms with Gasteiger partial charge in [0.15, 0.2) is 0 Å². The molecule has 2 aromatic carbocycles. The molecule has 0 bridgehead atoms. The van der Waals surface area contributed by atoms with Gasteiger partial charge in [-0.3, -0.25) is 14.9 Å². The number of primary amides is 1. The molecular formula is C15H12F3N3O3. The SMILES string of the molecule is NC(=O)c1ccc(NCc2cccc(C(F)(F)F)c2)c([N+](=O)[O-])c1. The summed E-state index contributed by atoms with van der Waals surface area (Å²) in [4.78, 5) is 21.4. The predicted molar refractivity (Wildman–Crippen MR) is 80.4 cm³/mol. The fourth-order valence-corrected chi connectivity index (χ4v) is 2.04. The van der Waals surface area contributed by atoms with Crippen LogP contribution in [0.2, 0.25) is 0 Å². The van der Waals surface area contributed by atoms with Crippen molar-refractivity contribution >= 4 is 17.3 Å². The number of rotatable bonds is 5. The van der Waals surface area contributed by atoms with Crippen LogP contribution >= 0.6 is 0 Å². The van der Waals surface area contributed by atoms with Gasteiger partial charge < -0.3 is 11.1 Å². The number of anilines is 1. The zero-order valence-electron chi connectivity index (χ0n) is 12.1. The van der Waals surface area contributed by atoms with Crippen molar-refractivity contribution in [2.45, 2.75) is 12.7 Å². The number of amides is 1. The quantitative estimate of drug-likeness (QED) is 0.645. The number of halogens is 3. The van der Waals surface area contributed by atoms with Gasteiger partial charge in [0.25, 0.3) is 5.69 Å². The number of nitrogens with one attached hydrogen (secondary N) is 1. The van der Waals surface area contributed by atoms with E-state index in [1.807, 2.05) is 0 Å². The Bertz CT molecular complexity index is 791. The average molecular weight is 339 g/mol. The molecule has 0 spiro atoms. The lowest BCUT2D eigenvalue weighted by molar-refractivity contribution is -0.384. The van der Waals surface area contributed by atoms with Crippen molar-refractivity contribution in [3.8, 4) is 0 Å². The highest BCUT2D eigenvalue weighted by molar-refractivity contribution is 5.94. The normalized spacial score (nSPS) is 11.1. The Morgan fingerprint density at radius 3 is 2.50 bits per heavy atom. The zero-order chi connectivity index (χ0) is 17.9. The highest BCUT2D eigenvalue weighted by Gasteiger charge is 2.30. The number of nitro groups is 1. The Labute approximate surface area is 134 Å². The molecule has 6 nitrogen and oxygen atoms in total. The van der Waals surface area contributed by atoms with Gasteiger partial charge in [0.05, 0.1) is 10.5 Å². The number of carbonyl (C=O) groups is 1. The lowest BCUT2D eigenvalue weighted by atomic mass is 10.1. The summed E-state index contributed by atoms with van der Waals surface area (Å²) in [5.74, 6) is -0.817. The van der Waals surface area contributed by atoms with Crippen LogP contribution in [0.3, 0.4) is 0 Å². The Balaban J connectivity index is 2.23. The molecule has 0 aliphatic carbocycles. The van der Waals surface area contributed by atoms with Gasteiger partial charge in [0.1, 0.15) is 5.69 Å². The van der Waals surface area contributed by atoms with E-state index < -0.39 is 28.3 Å². The number of hydrogen-bond donors (Lipinski definition) is 2. The van der Waals surface area contributed by atoms with Crippen LogP contribution in [-0.2, 0) is 12.7 Å². The molecule has 0 saturated carbocycles. The van der Waals surface area contributed by atoms with Crippen LogP contribution in [0.4, 0.5) is 24.5 Å². The molecule has 3 N–H and O–H groups in total. The molecule has 0 heterocycles. The van der Waals surface area contributed by atoms with Crippen LogP contribution in [0, 0.1) is 10.1 Å². The minimum absolute atomic E-state index is 0.0358. The van der Waals surface area contributed by atoms with Crippen molar-refractivity contribution < 1.29 is 22.9 Å². The first-order valence-electron chi connectivity index (χ1n) is 6.67. The summed E-state index contributed by atoms with van der Waals surface area (Å²) in [6.07, 6.45) is -4.47. The Morgan fingerprint density at radius 2 is 1.92 bits per heavy atom. The number of nitro benzene ring substituents is 1. The van der Waals surface area contributed by atoms with E-state index in [9.17, 15) is 28.1 Å². The van der Waals surface area contributed by atoms with E-state index in [2.05, 4.69) is 5.32 Å². The summed E-state index contributed by atoms with van der Waals surface area (Å²) < 4.78 is 38.0. The Kier molecular flexibility index (Phi) is 4.72. The zero-order valence-corrected chi connectivity index (χ0v) is 12.1. The number of carbonyl (C=O) groups excluding carboxylic acids is 1. The number of benzene rings is 2. The molecule has 9 heteroatoms. The van der Waals surface area contributed by atoms with Gasteiger partial charge in [-0.25, -0.2) is 0 Å². The van der Waals surface area contributed by atoms with Gasteiger partial charge in [0, 0.05) is 18.2 Å². The fraction of sp³-hybridized carbons (Fsp3) is 0.133. The van der Waals surface area contributed by atoms with E-state index in [1.165, 1.54) is 24.3 Å². The summed E-state index contributed by atoms with van der Waals surface area (Å²) in [5, 5.41) is 13.8. The first-order valence-corrected chi connectivity index (χ1v) is 6.67. The first kappa shape index (κ1) is 17.3. The van der Waals surface area contributed by atoms with Gasteiger partial charge in [-0.1, -0.05) is 12.1 Å². The maximum Gasteiger partial charge on any atom is 0.416 e. The number of nitrogens with zero attached hydrogens (tertiary/aromatic N) is 1. The molecular weight excluding hydrogens is 327 g/mol. The van der Waals surface area contributed by atoms with E-state index in [0.29, 0.717) is 5.56 Å². The van der Waals surface area contributed by atoms with Crippen LogP contribution in [0.5, 0.6) is 0 Å². The molecule has 0 aliphatic heterocycles. The summed E-state index contributed by atoms with van der Waals surface area (Å²) in [6.45, 7) is -0.0549. The van der Waals surface area contributed by atoms with Crippen LogP contribution in [0.25, 0.3) is 0 Å². The third-order valence-electron chi connectivity index (χ3n) is 3.22. The average Bonchev–Trinajstić information content (AvgIpc) is 2.52. The smallest absolute Gasteiger partial charge is 0.375 e. The summed E-state index contributed by atoms with van der Waals surface area (Å²) in [7, 11) is 0. The van der Waals surface area contributed by atoms with Crippen molar-refractivity contribution in [2.75, 3.05) is 5.32 Å². The molecule has 0 radical (unpaired) electrons. The van der Waals surface area contributed by atoms with Crippen molar-refractivity contribution in [2.24, 2.45) is 5.73 Å². The third-order valence-corrected chi connectivity index (χ3v) is 3.22. The van der Waals surface area contributed by atoms with Gasteiger partial charge >= 0.3 is 6.18 Å². The van der Waals surface area contributed by atoms with Gasteiger partial charge in [-0.05, 0) is 29.8 Å². The second kappa shape index (κ2) is 6.57. The van der Waals surface area contributed by atoms with Gasteiger partial charge in [-0.15, -0.1) is 0 Å². The third kappa shape index (κ3) is 4.00. The molecule has 0 atom stereocenters. The molecule has 2 rings (SSSR count). The minimum atomic E-state index is -4.47. The van der Waals surface area contributed by atoms with E-state index in [1.54, 1.807) is 0 Å². The largest absolute Gasteiger partial charge is 0.416 e. The van der Waals surface area contributed by atoms with E-state index >= 15 is 0 Å². The van der Waals surface area contributed by atoms with Crippen LogP contribution in [0.15, 0.2) is 42.5 Å². The minimum Gasteiger partial charge on any atom is -0.375 e. The lowest BCUT2D eigenvalue weighted by Crippen LogP contribution is -2.12. The Morgan fingerprint density at radius 1 is 1.21 bits per heavy atom. The fourth-order valence-electron chi connectivity index (χ4n) is 2.04. The molecule has 24 heavy (non-hydrogen) atoms. The van der Waals surface area contributed by atoms with Crippen molar-refractivity contribution in [1.82, 2.24) is 0 Å². The lowest BCUT2D eigenvalue weighted by Gasteiger charge is -2.11. The topological polar surface area (TPSA) is 98.3 Å². The van der Waals surface area contributed by atoms with Crippen LogP contribution < -0.4 is 11.1 Å². The van der Waals surface area contributed by atoms with Gasteiger partial charge in [0.2, 0.25) is 5.91 Å². The molecule has 0 unspecified atom stereocenters. The molecule has 0 fully saturated rings. The summed E-state index contributed by atoms with van der Waals surface area (Å²) >= 11 is 0. The van der Waals surface area contributed by atoms with Crippen molar-refractivity contribution in [1.29, 1.82) is 0 Å². The highest BCUT2D eigenvalue weighted by atomic mass is 19.4. The molecule has 1 amide bonds. The van der Waals surface area contributed by atoms with Crippen molar-refractivity contribution in [3.63, 3.8) is 0 Å². The standard InChI is InChI=1S/C15H12F3N3O3/c16-15(17,18)11-3-1-2-9(6-11)8-20-12-5-4-10(14(19)22)7-13(12)21(23)24/h1-7,20H,8H2,(H2,19,22). The van der Waals surface area contributed by atoms with Crippen LogP contribution in [0.1, 0.15) is 21.5 Å². The second-order valence-electron chi connectivity index (χ2n) is 4.90.